The number of benzene rings is 1. The molecule has 3 heterocycles. The second kappa shape index (κ2) is 5.92. The molecule has 124 valence electrons. The number of H-pyrrole nitrogens is 3. The highest BCUT2D eigenvalue weighted by molar-refractivity contribution is 7.71. The van der Waals surface area contributed by atoms with Crippen LogP contribution in [0, 0.1) is 4.77 Å². The van der Waals surface area contributed by atoms with E-state index < -0.39 is 0 Å². The lowest BCUT2D eigenvalue weighted by Gasteiger charge is -2.27. The van der Waals surface area contributed by atoms with Crippen LogP contribution < -0.4 is 10.3 Å². The van der Waals surface area contributed by atoms with Gasteiger partial charge in [-0.25, -0.2) is 0 Å². The third-order valence-electron chi connectivity index (χ3n) is 4.56. The fraction of sp³-hybridized carbons (Fsp3) is 0.294. The van der Waals surface area contributed by atoms with Gasteiger partial charge in [0.15, 0.2) is 4.77 Å². The molecular formula is C17H18N4O2S. The van der Waals surface area contributed by atoms with Gasteiger partial charge in [-0.3, -0.25) is 14.7 Å². The summed E-state index contributed by atoms with van der Waals surface area (Å²) in [6, 6.07) is 6.01. The minimum atomic E-state index is -0.0842. The molecule has 0 aliphatic carbocycles. The number of fused-ring (bicyclic) bond motifs is 2. The molecule has 0 atom stereocenters. The topological polar surface area (TPSA) is 76.9 Å². The van der Waals surface area contributed by atoms with Gasteiger partial charge in [-0.15, -0.1) is 0 Å². The van der Waals surface area contributed by atoms with Gasteiger partial charge >= 0.3 is 0 Å². The van der Waals surface area contributed by atoms with Gasteiger partial charge in [-0.2, -0.15) is 0 Å². The Balaban J connectivity index is 1.63. The molecule has 7 heteroatoms. The largest absolute Gasteiger partial charge is 0.497 e. The van der Waals surface area contributed by atoms with E-state index in [0.717, 1.165) is 47.4 Å². The average molecular weight is 342 g/mol. The van der Waals surface area contributed by atoms with E-state index in [1.165, 1.54) is 5.56 Å². The third kappa shape index (κ3) is 2.65. The first-order valence-electron chi connectivity index (χ1n) is 7.85. The predicted molar refractivity (Wildman–Crippen MR) is 94.9 cm³/mol. The summed E-state index contributed by atoms with van der Waals surface area (Å²) < 4.78 is 5.72. The number of hydrogen-bond acceptors (Lipinski definition) is 4. The summed E-state index contributed by atoms with van der Waals surface area (Å²) in [5, 5.41) is 1.15. The molecule has 1 aliphatic rings. The number of aromatic amines is 3. The summed E-state index contributed by atoms with van der Waals surface area (Å²) in [4.78, 5) is 23.5. The van der Waals surface area contributed by atoms with Gasteiger partial charge in [0.25, 0.3) is 5.56 Å². The number of nitrogens with one attached hydrogen (secondary N) is 3. The molecule has 0 saturated heterocycles. The molecular weight excluding hydrogens is 324 g/mol. The van der Waals surface area contributed by atoms with Gasteiger partial charge in [0.2, 0.25) is 0 Å². The molecule has 2 aromatic heterocycles. The number of rotatable bonds is 3. The lowest BCUT2D eigenvalue weighted by molar-refractivity contribution is 0.242. The highest BCUT2D eigenvalue weighted by Crippen LogP contribution is 2.25. The molecule has 0 radical (unpaired) electrons. The van der Waals surface area contributed by atoms with Crippen molar-refractivity contribution in [1.29, 1.82) is 0 Å². The molecule has 1 aromatic carbocycles. The number of aromatic nitrogens is 3. The van der Waals surface area contributed by atoms with E-state index in [0.29, 0.717) is 11.3 Å². The molecule has 4 rings (SSSR count). The fourth-order valence-corrected chi connectivity index (χ4v) is 3.52. The van der Waals surface area contributed by atoms with E-state index >= 15 is 0 Å². The lowest BCUT2D eigenvalue weighted by Crippen LogP contribution is -2.35. The van der Waals surface area contributed by atoms with E-state index in [1.807, 2.05) is 24.4 Å². The van der Waals surface area contributed by atoms with Crippen molar-refractivity contribution < 1.29 is 4.74 Å². The maximum atomic E-state index is 12.1. The first-order chi connectivity index (χ1) is 11.6. The van der Waals surface area contributed by atoms with Gasteiger partial charge in [-0.1, -0.05) is 0 Å². The van der Waals surface area contributed by atoms with Crippen LogP contribution in [0.15, 0.2) is 29.2 Å². The second-order valence-electron chi connectivity index (χ2n) is 6.05. The molecule has 0 unspecified atom stereocenters. The van der Waals surface area contributed by atoms with Gasteiger partial charge in [0.1, 0.15) is 5.75 Å². The van der Waals surface area contributed by atoms with Crippen LogP contribution in [0.2, 0.25) is 0 Å². The summed E-state index contributed by atoms with van der Waals surface area (Å²) in [6.45, 7) is 2.29. The molecule has 0 spiro atoms. The van der Waals surface area contributed by atoms with Gasteiger partial charge in [-0.05, 0) is 36.0 Å². The molecule has 3 N–H and O–H groups in total. The highest BCUT2D eigenvalue weighted by Gasteiger charge is 2.20. The first-order valence-corrected chi connectivity index (χ1v) is 8.25. The zero-order valence-electron chi connectivity index (χ0n) is 13.3. The van der Waals surface area contributed by atoms with Crippen LogP contribution in [0.3, 0.4) is 0 Å². The smallest absolute Gasteiger partial charge is 0.256 e. The Morgan fingerprint density at radius 3 is 3.04 bits per heavy atom. The van der Waals surface area contributed by atoms with E-state index in [-0.39, 0.29) is 5.56 Å². The summed E-state index contributed by atoms with van der Waals surface area (Å²) in [5.41, 5.74) is 3.95. The van der Waals surface area contributed by atoms with E-state index in [2.05, 4.69) is 19.9 Å². The lowest BCUT2D eigenvalue weighted by atomic mass is 10.1. The summed E-state index contributed by atoms with van der Waals surface area (Å²) in [7, 11) is 1.67. The van der Waals surface area contributed by atoms with Crippen LogP contribution in [0.4, 0.5) is 0 Å². The van der Waals surface area contributed by atoms with Crippen LogP contribution >= 0.6 is 12.2 Å². The summed E-state index contributed by atoms with van der Waals surface area (Å²) in [6.07, 6.45) is 2.83. The standard InChI is InChI=1S/C17H18N4O2S/c1-23-11-2-3-14-12(6-11)10(7-18-14)8-21-5-4-15-13(9-21)16(22)20-17(24)19-15/h2-3,6-7,18H,4-5,8-9H2,1H3,(H2,19,20,22,24). The van der Waals surface area contributed by atoms with Crippen molar-refractivity contribution in [2.45, 2.75) is 19.5 Å². The van der Waals surface area contributed by atoms with Crippen LogP contribution in [0.1, 0.15) is 16.8 Å². The normalized spacial score (nSPS) is 14.7. The number of methoxy groups -OCH3 is 1. The Labute approximate surface area is 143 Å². The molecule has 0 bridgehead atoms. The van der Waals surface area contributed by atoms with Gasteiger partial charge < -0.3 is 14.7 Å². The van der Waals surface area contributed by atoms with Crippen molar-refractivity contribution in [3.8, 4) is 5.75 Å². The molecule has 24 heavy (non-hydrogen) atoms. The molecule has 3 aromatic rings. The Morgan fingerprint density at radius 2 is 2.21 bits per heavy atom. The maximum Gasteiger partial charge on any atom is 0.256 e. The third-order valence-corrected chi connectivity index (χ3v) is 4.76. The molecule has 0 fully saturated rings. The number of nitrogens with zero attached hydrogens (tertiary/aromatic N) is 1. The van der Waals surface area contributed by atoms with Crippen LogP contribution in [0.5, 0.6) is 5.75 Å². The Hall–Kier alpha value is -2.38. The van der Waals surface area contributed by atoms with Crippen LogP contribution in [0.25, 0.3) is 10.9 Å². The van der Waals surface area contributed by atoms with E-state index in [1.54, 1.807) is 7.11 Å². The van der Waals surface area contributed by atoms with E-state index in [4.69, 9.17) is 17.0 Å². The zero-order valence-corrected chi connectivity index (χ0v) is 14.1. The second-order valence-corrected chi connectivity index (χ2v) is 6.46. The predicted octanol–water partition coefficient (Wildman–Crippen LogP) is 2.48. The monoisotopic (exact) mass is 342 g/mol. The van der Waals surface area contributed by atoms with Crippen molar-refractivity contribution in [1.82, 2.24) is 19.9 Å². The van der Waals surface area contributed by atoms with Crippen LogP contribution in [-0.2, 0) is 19.5 Å². The first kappa shape index (κ1) is 15.2. The summed E-state index contributed by atoms with van der Waals surface area (Å²) >= 11 is 5.04. The van der Waals surface area contributed by atoms with Gasteiger partial charge in [0, 0.05) is 48.8 Å². The molecule has 6 nitrogen and oxygen atoms in total. The Bertz CT molecular complexity index is 1020. The minimum absolute atomic E-state index is 0.0842. The van der Waals surface area contributed by atoms with Crippen LogP contribution in [-0.4, -0.2) is 33.5 Å². The summed E-state index contributed by atoms with van der Waals surface area (Å²) in [5.74, 6) is 0.844. The SMILES string of the molecule is COc1ccc2[nH]cc(CN3CCc4[nH]c(=S)[nH]c(=O)c4C3)c2c1. The average Bonchev–Trinajstić information content (AvgIpc) is 2.97. The van der Waals surface area contributed by atoms with Crippen molar-refractivity contribution in [3.63, 3.8) is 0 Å². The maximum absolute atomic E-state index is 12.1. The zero-order chi connectivity index (χ0) is 16.7. The van der Waals surface area contributed by atoms with Crippen molar-refractivity contribution in [3.05, 3.63) is 56.3 Å². The van der Waals surface area contributed by atoms with Crippen molar-refractivity contribution in [2.75, 3.05) is 13.7 Å². The van der Waals surface area contributed by atoms with Crippen molar-refractivity contribution in [2.24, 2.45) is 0 Å². The highest BCUT2D eigenvalue weighted by atomic mass is 32.1. The molecule has 1 aliphatic heterocycles. The Kier molecular flexibility index (Phi) is 3.74. The van der Waals surface area contributed by atoms with Gasteiger partial charge in [0.05, 0.1) is 12.7 Å². The van der Waals surface area contributed by atoms with E-state index in [9.17, 15) is 4.79 Å². The fourth-order valence-electron chi connectivity index (χ4n) is 3.30. The quantitative estimate of drug-likeness (QED) is 0.639. The Morgan fingerprint density at radius 1 is 1.33 bits per heavy atom. The van der Waals surface area contributed by atoms with Crippen molar-refractivity contribution >= 4 is 23.1 Å². The minimum Gasteiger partial charge on any atom is -0.497 e. The molecule has 0 amide bonds. The molecule has 0 saturated carbocycles. The number of ether oxygens (including phenoxy) is 1. The number of hydrogen-bond donors (Lipinski definition) is 3.